The maximum atomic E-state index is 5.81. The number of pyridine rings is 1. The quantitative estimate of drug-likeness (QED) is 0.209. The lowest BCUT2D eigenvalue weighted by Gasteiger charge is -2.19. The summed E-state index contributed by atoms with van der Waals surface area (Å²) >= 11 is 0. The average Bonchev–Trinajstić information content (AvgIpc) is 2.30. The zero-order chi connectivity index (χ0) is 12.7. The molecule has 94 valence electrons. The van der Waals surface area contributed by atoms with Crippen LogP contribution in [0.25, 0.3) is 0 Å². The van der Waals surface area contributed by atoms with Gasteiger partial charge in [0.05, 0.1) is 13.2 Å². The van der Waals surface area contributed by atoms with Gasteiger partial charge in [0.1, 0.15) is 11.5 Å². The molecule has 1 heterocycles. The van der Waals surface area contributed by atoms with Crippen molar-refractivity contribution in [3.05, 3.63) is 23.9 Å². The molecule has 6 N–H and O–H groups in total. The SMILES string of the molecule is CCOCCN(N)/C(=N\N)c1cccc(N)n1. The Balaban J connectivity index is 2.71. The van der Waals surface area contributed by atoms with Crippen molar-refractivity contribution in [3.63, 3.8) is 0 Å². The van der Waals surface area contributed by atoms with E-state index in [0.717, 1.165) is 0 Å². The molecule has 0 bridgehead atoms. The molecular formula is C10H18N6O. The average molecular weight is 238 g/mol. The smallest absolute Gasteiger partial charge is 0.188 e. The lowest BCUT2D eigenvalue weighted by atomic mass is 10.3. The minimum atomic E-state index is 0.372. The molecule has 1 rings (SSSR count). The Morgan fingerprint density at radius 3 is 2.88 bits per heavy atom. The van der Waals surface area contributed by atoms with E-state index in [1.165, 1.54) is 5.01 Å². The van der Waals surface area contributed by atoms with Crippen LogP contribution >= 0.6 is 0 Å². The van der Waals surface area contributed by atoms with Crippen molar-refractivity contribution in [1.29, 1.82) is 0 Å². The first-order chi connectivity index (χ1) is 8.19. The third kappa shape index (κ3) is 3.89. The fourth-order valence-electron chi connectivity index (χ4n) is 1.28. The molecule has 7 heteroatoms. The molecule has 0 saturated heterocycles. The highest BCUT2D eigenvalue weighted by Gasteiger charge is 2.11. The second kappa shape index (κ2) is 6.66. The molecule has 17 heavy (non-hydrogen) atoms. The molecule has 0 aromatic carbocycles. The fraction of sp³-hybridized carbons (Fsp3) is 0.400. The van der Waals surface area contributed by atoms with Crippen molar-refractivity contribution < 1.29 is 4.74 Å². The number of nitrogens with two attached hydrogens (primary N) is 3. The number of rotatable bonds is 5. The number of anilines is 1. The minimum Gasteiger partial charge on any atom is -0.384 e. The van der Waals surface area contributed by atoms with E-state index in [1.807, 2.05) is 6.92 Å². The molecule has 0 unspecified atom stereocenters. The van der Waals surface area contributed by atoms with E-state index >= 15 is 0 Å². The van der Waals surface area contributed by atoms with Crippen LogP contribution in [-0.2, 0) is 4.74 Å². The van der Waals surface area contributed by atoms with Gasteiger partial charge in [0, 0.05) is 6.61 Å². The number of hydrogen-bond acceptors (Lipinski definition) is 6. The van der Waals surface area contributed by atoms with Gasteiger partial charge in [-0.25, -0.2) is 10.8 Å². The largest absolute Gasteiger partial charge is 0.384 e. The normalized spacial score (nSPS) is 11.5. The van der Waals surface area contributed by atoms with E-state index in [2.05, 4.69) is 10.1 Å². The van der Waals surface area contributed by atoms with Crippen LogP contribution in [0, 0.1) is 0 Å². The zero-order valence-electron chi connectivity index (χ0n) is 9.84. The molecule has 7 nitrogen and oxygen atoms in total. The maximum absolute atomic E-state index is 5.81. The molecule has 0 aliphatic rings. The third-order valence-electron chi connectivity index (χ3n) is 2.07. The van der Waals surface area contributed by atoms with Gasteiger partial charge in [0.25, 0.3) is 0 Å². The summed E-state index contributed by atoms with van der Waals surface area (Å²) in [4.78, 5) is 4.10. The van der Waals surface area contributed by atoms with Gasteiger partial charge in [-0.05, 0) is 19.1 Å². The highest BCUT2D eigenvalue weighted by atomic mass is 16.5. The Kier molecular flexibility index (Phi) is 5.18. The summed E-state index contributed by atoms with van der Waals surface area (Å²) in [6.07, 6.45) is 0. The molecule has 1 aromatic rings. The Morgan fingerprint density at radius 2 is 2.29 bits per heavy atom. The Morgan fingerprint density at radius 1 is 1.53 bits per heavy atom. The first kappa shape index (κ1) is 13.2. The van der Waals surface area contributed by atoms with Gasteiger partial charge < -0.3 is 16.3 Å². The van der Waals surface area contributed by atoms with Gasteiger partial charge in [-0.2, -0.15) is 5.10 Å². The van der Waals surface area contributed by atoms with Crippen LogP contribution in [0.4, 0.5) is 5.82 Å². The maximum Gasteiger partial charge on any atom is 0.188 e. The number of amidine groups is 1. The molecule has 0 fully saturated rings. The molecule has 0 spiro atoms. The highest BCUT2D eigenvalue weighted by molar-refractivity contribution is 5.96. The number of hydrazone groups is 1. The topological polar surface area (TPSA) is 116 Å². The van der Waals surface area contributed by atoms with Crippen LogP contribution in [-0.4, -0.2) is 35.6 Å². The monoisotopic (exact) mass is 238 g/mol. The highest BCUT2D eigenvalue weighted by Crippen LogP contribution is 2.03. The summed E-state index contributed by atoms with van der Waals surface area (Å²) in [6.45, 7) is 3.52. The molecule has 1 aromatic heterocycles. The molecule has 0 amide bonds. The van der Waals surface area contributed by atoms with Crippen molar-refractivity contribution in [3.8, 4) is 0 Å². The number of nitrogen functional groups attached to an aromatic ring is 1. The standard InChI is InChI=1S/C10H18N6O/c1-2-17-7-6-16(13)10(15-12)8-4-3-5-9(11)14-8/h3-5H,2,6-7,12-13H2,1H3,(H2,11,14)/b15-10-. The van der Waals surface area contributed by atoms with Crippen molar-refractivity contribution >= 4 is 11.7 Å². The summed E-state index contributed by atoms with van der Waals surface area (Å²) in [5.41, 5.74) is 6.12. The molecule has 0 atom stereocenters. The predicted octanol–water partition coefficient (Wildman–Crippen LogP) is -0.504. The minimum absolute atomic E-state index is 0.372. The Hall–Kier alpha value is -1.86. The van der Waals surface area contributed by atoms with E-state index in [4.69, 9.17) is 22.2 Å². The Labute approximate surface area is 100 Å². The fourth-order valence-corrected chi connectivity index (χ4v) is 1.28. The van der Waals surface area contributed by atoms with Crippen LogP contribution in [0.5, 0.6) is 0 Å². The van der Waals surface area contributed by atoms with E-state index in [9.17, 15) is 0 Å². The second-order valence-corrected chi connectivity index (χ2v) is 3.29. The van der Waals surface area contributed by atoms with E-state index in [-0.39, 0.29) is 0 Å². The van der Waals surface area contributed by atoms with Crippen molar-refractivity contribution in [2.75, 3.05) is 25.5 Å². The molecular weight excluding hydrogens is 220 g/mol. The first-order valence-corrected chi connectivity index (χ1v) is 5.29. The number of nitrogens with zero attached hydrogens (tertiary/aromatic N) is 3. The Bertz CT molecular complexity index is 381. The predicted molar refractivity (Wildman–Crippen MR) is 66.8 cm³/mol. The van der Waals surface area contributed by atoms with Gasteiger partial charge in [-0.1, -0.05) is 6.07 Å². The summed E-state index contributed by atoms with van der Waals surface area (Å²) in [5.74, 6) is 11.9. The van der Waals surface area contributed by atoms with Crippen LogP contribution in [0.3, 0.4) is 0 Å². The number of hydrazine groups is 1. The van der Waals surface area contributed by atoms with Gasteiger partial charge in [0.2, 0.25) is 0 Å². The van der Waals surface area contributed by atoms with E-state index in [1.54, 1.807) is 18.2 Å². The molecule has 0 aliphatic carbocycles. The summed E-state index contributed by atoms with van der Waals surface area (Å²) < 4.78 is 5.20. The van der Waals surface area contributed by atoms with Gasteiger partial charge in [0.15, 0.2) is 5.84 Å². The van der Waals surface area contributed by atoms with Crippen LogP contribution in [0.15, 0.2) is 23.3 Å². The molecule has 0 saturated carbocycles. The van der Waals surface area contributed by atoms with Crippen molar-refractivity contribution in [1.82, 2.24) is 9.99 Å². The first-order valence-electron chi connectivity index (χ1n) is 5.29. The van der Waals surface area contributed by atoms with Crippen LogP contribution < -0.4 is 17.4 Å². The van der Waals surface area contributed by atoms with Crippen LogP contribution in [0.1, 0.15) is 12.6 Å². The lowest BCUT2D eigenvalue weighted by Crippen LogP contribution is -2.41. The lowest BCUT2D eigenvalue weighted by molar-refractivity contribution is 0.132. The van der Waals surface area contributed by atoms with Gasteiger partial charge >= 0.3 is 0 Å². The number of hydrogen-bond donors (Lipinski definition) is 3. The summed E-state index contributed by atoms with van der Waals surface area (Å²) in [7, 11) is 0. The van der Waals surface area contributed by atoms with E-state index < -0.39 is 0 Å². The number of aromatic nitrogens is 1. The molecule has 0 radical (unpaired) electrons. The van der Waals surface area contributed by atoms with Crippen molar-refractivity contribution in [2.45, 2.75) is 6.92 Å². The zero-order valence-corrected chi connectivity index (χ0v) is 9.84. The van der Waals surface area contributed by atoms with Gasteiger partial charge in [-0.3, -0.25) is 5.01 Å². The van der Waals surface area contributed by atoms with Crippen molar-refractivity contribution in [2.24, 2.45) is 16.8 Å². The summed E-state index contributed by atoms with van der Waals surface area (Å²) in [6, 6.07) is 5.18. The molecule has 0 aliphatic heterocycles. The third-order valence-corrected chi connectivity index (χ3v) is 2.07. The number of ether oxygens (including phenoxy) is 1. The summed E-state index contributed by atoms with van der Waals surface area (Å²) in [5, 5.41) is 5.01. The van der Waals surface area contributed by atoms with Crippen LogP contribution in [0.2, 0.25) is 0 Å². The second-order valence-electron chi connectivity index (χ2n) is 3.29. The van der Waals surface area contributed by atoms with Gasteiger partial charge in [-0.15, -0.1) is 0 Å². The van der Waals surface area contributed by atoms with E-state index in [0.29, 0.717) is 37.1 Å².